The molecule has 1 aliphatic heterocycles. The van der Waals surface area contributed by atoms with E-state index in [9.17, 15) is 4.79 Å². The molecule has 2 heterocycles. The first-order chi connectivity index (χ1) is 9.24. The summed E-state index contributed by atoms with van der Waals surface area (Å²) in [5, 5.41) is 4.99. The molecule has 1 aromatic heterocycles. The standard InChI is InChI=1S/C15H15NO2S/c1-10-6-7-19-14(10)15(17)16-12-8-11-4-2-3-5-13(11)18-9-12/h2-7,12H,8-9H2,1H3,(H,16,17)/t12-/m1/s1. The maximum atomic E-state index is 12.2. The van der Waals surface area contributed by atoms with Crippen molar-refractivity contribution in [1.82, 2.24) is 5.32 Å². The molecular formula is C15H15NO2S. The van der Waals surface area contributed by atoms with E-state index in [0.29, 0.717) is 6.61 Å². The zero-order valence-corrected chi connectivity index (χ0v) is 11.5. The Morgan fingerprint density at radius 3 is 3.00 bits per heavy atom. The molecule has 4 heteroatoms. The molecule has 3 nitrogen and oxygen atoms in total. The molecule has 0 saturated heterocycles. The topological polar surface area (TPSA) is 38.3 Å². The first-order valence-corrected chi connectivity index (χ1v) is 7.17. The highest BCUT2D eigenvalue weighted by Crippen LogP contribution is 2.24. The van der Waals surface area contributed by atoms with E-state index in [1.807, 2.05) is 42.6 Å². The summed E-state index contributed by atoms with van der Waals surface area (Å²) in [6.07, 6.45) is 0.826. The number of amides is 1. The van der Waals surface area contributed by atoms with Gasteiger partial charge in [0.15, 0.2) is 0 Å². The highest BCUT2D eigenvalue weighted by Gasteiger charge is 2.22. The van der Waals surface area contributed by atoms with Crippen molar-refractivity contribution in [3.8, 4) is 5.75 Å². The molecule has 0 unspecified atom stereocenters. The summed E-state index contributed by atoms with van der Waals surface area (Å²) in [4.78, 5) is 12.9. The number of carbonyl (C=O) groups excluding carboxylic acids is 1. The van der Waals surface area contributed by atoms with Crippen LogP contribution in [0.1, 0.15) is 20.8 Å². The number of ether oxygens (including phenoxy) is 1. The van der Waals surface area contributed by atoms with Gasteiger partial charge in [-0.2, -0.15) is 0 Å². The van der Waals surface area contributed by atoms with Crippen LogP contribution in [-0.4, -0.2) is 18.6 Å². The third kappa shape index (κ3) is 2.49. The van der Waals surface area contributed by atoms with E-state index in [1.54, 1.807) is 0 Å². The molecule has 1 amide bonds. The van der Waals surface area contributed by atoms with Crippen LogP contribution >= 0.6 is 11.3 Å². The lowest BCUT2D eigenvalue weighted by molar-refractivity contribution is 0.0919. The van der Waals surface area contributed by atoms with Crippen molar-refractivity contribution < 1.29 is 9.53 Å². The summed E-state index contributed by atoms with van der Waals surface area (Å²) in [5.41, 5.74) is 2.18. The van der Waals surface area contributed by atoms with Gasteiger partial charge >= 0.3 is 0 Å². The fourth-order valence-corrected chi connectivity index (χ4v) is 3.11. The predicted molar refractivity (Wildman–Crippen MR) is 76.0 cm³/mol. The number of benzene rings is 1. The minimum atomic E-state index is 0.000445. The molecule has 1 N–H and O–H groups in total. The molecule has 1 atom stereocenters. The van der Waals surface area contributed by atoms with Gasteiger partial charge in [0.2, 0.25) is 0 Å². The van der Waals surface area contributed by atoms with Crippen LogP contribution in [0.3, 0.4) is 0 Å². The number of hydrogen-bond acceptors (Lipinski definition) is 3. The Hall–Kier alpha value is -1.81. The largest absolute Gasteiger partial charge is 0.491 e. The van der Waals surface area contributed by atoms with E-state index >= 15 is 0 Å². The number of hydrogen-bond donors (Lipinski definition) is 1. The van der Waals surface area contributed by atoms with E-state index in [2.05, 4.69) is 5.32 Å². The van der Waals surface area contributed by atoms with Crippen molar-refractivity contribution >= 4 is 17.2 Å². The van der Waals surface area contributed by atoms with Crippen molar-refractivity contribution in [2.45, 2.75) is 19.4 Å². The van der Waals surface area contributed by atoms with Gasteiger partial charge in [0, 0.05) is 0 Å². The van der Waals surface area contributed by atoms with Crippen molar-refractivity contribution in [1.29, 1.82) is 0 Å². The first kappa shape index (κ1) is 12.2. The summed E-state index contributed by atoms with van der Waals surface area (Å²) in [6, 6.07) is 9.99. The lowest BCUT2D eigenvalue weighted by Gasteiger charge is -2.25. The number of nitrogens with one attached hydrogen (secondary N) is 1. The van der Waals surface area contributed by atoms with Crippen molar-refractivity contribution in [2.24, 2.45) is 0 Å². The zero-order chi connectivity index (χ0) is 13.2. The summed E-state index contributed by atoms with van der Waals surface area (Å²) in [7, 11) is 0. The van der Waals surface area contributed by atoms with Gasteiger partial charge in [-0.05, 0) is 42.0 Å². The van der Waals surface area contributed by atoms with Crippen LogP contribution in [0.2, 0.25) is 0 Å². The van der Waals surface area contributed by atoms with Gasteiger partial charge in [0.25, 0.3) is 5.91 Å². The second kappa shape index (κ2) is 5.05. The Bertz CT molecular complexity index is 606. The highest BCUT2D eigenvalue weighted by molar-refractivity contribution is 7.12. The van der Waals surface area contributed by atoms with Gasteiger partial charge in [-0.25, -0.2) is 0 Å². The molecule has 2 aromatic rings. The number of thiophene rings is 1. The van der Waals surface area contributed by atoms with Gasteiger partial charge < -0.3 is 10.1 Å². The summed E-state index contributed by atoms with van der Waals surface area (Å²) >= 11 is 1.48. The smallest absolute Gasteiger partial charge is 0.261 e. The Kier molecular flexibility index (Phi) is 3.25. The zero-order valence-electron chi connectivity index (χ0n) is 10.7. The quantitative estimate of drug-likeness (QED) is 0.913. The average molecular weight is 273 g/mol. The van der Waals surface area contributed by atoms with E-state index in [4.69, 9.17) is 4.74 Å². The molecule has 0 bridgehead atoms. The van der Waals surface area contributed by atoms with Gasteiger partial charge in [0.05, 0.1) is 10.9 Å². The molecule has 0 radical (unpaired) electrons. The minimum absolute atomic E-state index is 0.000445. The van der Waals surface area contributed by atoms with Crippen LogP contribution in [0.25, 0.3) is 0 Å². The SMILES string of the molecule is Cc1ccsc1C(=O)N[C@H]1COc2ccccc2C1. The number of rotatable bonds is 2. The Morgan fingerprint density at radius 2 is 2.21 bits per heavy atom. The van der Waals surface area contributed by atoms with Crippen LogP contribution in [0, 0.1) is 6.92 Å². The van der Waals surface area contributed by atoms with Gasteiger partial charge in [-0.15, -0.1) is 11.3 Å². The summed E-state index contributed by atoms with van der Waals surface area (Å²) < 4.78 is 5.67. The summed E-state index contributed by atoms with van der Waals surface area (Å²) in [6.45, 7) is 2.49. The van der Waals surface area contributed by atoms with E-state index in [1.165, 1.54) is 11.3 Å². The summed E-state index contributed by atoms with van der Waals surface area (Å²) in [5.74, 6) is 0.931. The average Bonchev–Trinajstić information content (AvgIpc) is 2.85. The monoisotopic (exact) mass is 273 g/mol. The van der Waals surface area contributed by atoms with E-state index in [-0.39, 0.29) is 11.9 Å². The Balaban J connectivity index is 1.70. The van der Waals surface area contributed by atoms with E-state index in [0.717, 1.165) is 28.2 Å². The number of fused-ring (bicyclic) bond motifs is 1. The molecule has 0 fully saturated rings. The van der Waals surface area contributed by atoms with Crippen LogP contribution in [0.5, 0.6) is 5.75 Å². The number of para-hydroxylation sites is 1. The molecule has 98 valence electrons. The van der Waals surface area contributed by atoms with Crippen LogP contribution < -0.4 is 10.1 Å². The molecular weight excluding hydrogens is 258 g/mol. The molecule has 1 aliphatic rings. The van der Waals surface area contributed by atoms with Gasteiger partial charge in [0.1, 0.15) is 12.4 Å². The normalized spacial score (nSPS) is 17.4. The molecule has 0 aliphatic carbocycles. The second-order valence-electron chi connectivity index (χ2n) is 4.73. The minimum Gasteiger partial charge on any atom is -0.491 e. The third-order valence-electron chi connectivity index (χ3n) is 3.28. The fraction of sp³-hybridized carbons (Fsp3) is 0.267. The number of aryl methyl sites for hydroxylation is 1. The third-order valence-corrected chi connectivity index (χ3v) is 4.30. The number of carbonyl (C=O) groups is 1. The Labute approximate surface area is 116 Å². The van der Waals surface area contributed by atoms with Gasteiger partial charge in [-0.3, -0.25) is 4.79 Å². The first-order valence-electron chi connectivity index (χ1n) is 6.29. The fourth-order valence-electron chi connectivity index (χ4n) is 2.28. The van der Waals surface area contributed by atoms with Crippen molar-refractivity contribution in [3.05, 3.63) is 51.7 Å². The predicted octanol–water partition coefficient (Wildman–Crippen LogP) is 2.79. The molecule has 0 saturated carbocycles. The highest BCUT2D eigenvalue weighted by atomic mass is 32.1. The van der Waals surface area contributed by atoms with E-state index < -0.39 is 0 Å². The van der Waals surface area contributed by atoms with Crippen molar-refractivity contribution in [2.75, 3.05) is 6.61 Å². The van der Waals surface area contributed by atoms with Crippen LogP contribution in [0.15, 0.2) is 35.7 Å². The lowest BCUT2D eigenvalue weighted by Crippen LogP contribution is -2.42. The molecule has 19 heavy (non-hydrogen) atoms. The Morgan fingerprint density at radius 1 is 1.37 bits per heavy atom. The molecule has 1 aromatic carbocycles. The van der Waals surface area contributed by atoms with Crippen LogP contribution in [0.4, 0.5) is 0 Å². The van der Waals surface area contributed by atoms with Crippen LogP contribution in [-0.2, 0) is 6.42 Å². The van der Waals surface area contributed by atoms with Crippen molar-refractivity contribution in [3.63, 3.8) is 0 Å². The maximum Gasteiger partial charge on any atom is 0.261 e. The lowest BCUT2D eigenvalue weighted by atomic mass is 10.0. The maximum absolute atomic E-state index is 12.2. The van der Waals surface area contributed by atoms with Gasteiger partial charge in [-0.1, -0.05) is 18.2 Å². The second-order valence-corrected chi connectivity index (χ2v) is 5.64. The molecule has 3 rings (SSSR count). The molecule has 0 spiro atoms.